The van der Waals surface area contributed by atoms with Crippen molar-refractivity contribution < 1.29 is 13.9 Å². The van der Waals surface area contributed by atoms with E-state index < -0.39 is 5.97 Å². The number of carbonyl (C=O) groups excluding carboxylic acids is 1. The van der Waals surface area contributed by atoms with Gasteiger partial charge in [0.1, 0.15) is 11.6 Å². The number of esters is 1. The summed E-state index contributed by atoms with van der Waals surface area (Å²) in [5, 5.41) is 0.518. The lowest BCUT2D eigenvalue weighted by Gasteiger charge is -2.12. The van der Waals surface area contributed by atoms with Gasteiger partial charge in [0.25, 0.3) is 0 Å². The molecule has 25 heavy (non-hydrogen) atoms. The third kappa shape index (κ3) is 5.38. The van der Waals surface area contributed by atoms with Gasteiger partial charge in [-0.3, -0.25) is 4.79 Å². The first-order valence-electron chi connectivity index (χ1n) is 8.97. The summed E-state index contributed by atoms with van der Waals surface area (Å²) in [6.07, 6.45) is 11.3. The van der Waals surface area contributed by atoms with E-state index in [0.29, 0.717) is 16.7 Å². The second-order valence-electron chi connectivity index (χ2n) is 6.31. The Bertz CT molecular complexity index is 768. The van der Waals surface area contributed by atoms with Crippen LogP contribution in [0.15, 0.2) is 24.3 Å². The number of fused-ring (bicyclic) bond motifs is 1. The SMILES string of the molecule is CCCCCCCC=Cc1nc2ccc(F)cc2c(OC(C)=O)c1C. The van der Waals surface area contributed by atoms with Crippen molar-refractivity contribution in [3.63, 3.8) is 0 Å². The Kier molecular flexibility index (Phi) is 7.11. The molecule has 0 aliphatic carbocycles. The standard InChI is InChI=1S/C21H26FNO2/c1-4-5-6-7-8-9-10-11-19-15(2)21(25-16(3)24)18-14-17(22)12-13-20(18)23-19/h10-14H,4-9H2,1-3H3. The van der Waals surface area contributed by atoms with Gasteiger partial charge in [-0.2, -0.15) is 0 Å². The highest BCUT2D eigenvalue weighted by molar-refractivity contribution is 5.90. The number of pyridine rings is 1. The van der Waals surface area contributed by atoms with Crippen LogP contribution in [0.2, 0.25) is 0 Å². The quantitative estimate of drug-likeness (QED) is 0.437. The van der Waals surface area contributed by atoms with Crippen molar-refractivity contribution in [2.45, 2.75) is 59.3 Å². The molecular weight excluding hydrogens is 317 g/mol. The molecular formula is C21H26FNO2. The number of nitrogens with zero attached hydrogens (tertiary/aromatic N) is 1. The molecule has 0 N–H and O–H groups in total. The van der Waals surface area contributed by atoms with Gasteiger partial charge in [0.05, 0.1) is 11.2 Å². The zero-order valence-corrected chi connectivity index (χ0v) is 15.3. The first kappa shape index (κ1) is 19.1. The van der Waals surface area contributed by atoms with E-state index in [2.05, 4.69) is 18.0 Å². The molecule has 0 saturated heterocycles. The molecule has 0 saturated carbocycles. The normalized spacial score (nSPS) is 11.4. The maximum absolute atomic E-state index is 13.6. The van der Waals surface area contributed by atoms with Gasteiger partial charge in [0.2, 0.25) is 0 Å². The van der Waals surface area contributed by atoms with Crippen LogP contribution in [0.3, 0.4) is 0 Å². The lowest BCUT2D eigenvalue weighted by atomic mass is 10.1. The minimum absolute atomic E-state index is 0.377. The van der Waals surface area contributed by atoms with Crippen molar-refractivity contribution in [2.24, 2.45) is 0 Å². The molecule has 0 fully saturated rings. The molecule has 0 aliphatic rings. The fraction of sp³-hybridized carbons (Fsp3) is 0.429. The maximum Gasteiger partial charge on any atom is 0.308 e. The van der Waals surface area contributed by atoms with E-state index in [0.717, 1.165) is 24.1 Å². The largest absolute Gasteiger partial charge is 0.426 e. The van der Waals surface area contributed by atoms with Crippen molar-refractivity contribution in [2.75, 3.05) is 0 Å². The van der Waals surface area contributed by atoms with Gasteiger partial charge < -0.3 is 4.74 Å². The number of unbranched alkanes of at least 4 members (excludes halogenated alkanes) is 5. The Labute approximate surface area is 148 Å². The second-order valence-corrected chi connectivity index (χ2v) is 6.31. The van der Waals surface area contributed by atoms with Crippen molar-refractivity contribution in [1.82, 2.24) is 4.98 Å². The molecule has 2 aromatic rings. The average Bonchev–Trinajstić information content (AvgIpc) is 2.57. The van der Waals surface area contributed by atoms with E-state index in [1.807, 2.05) is 13.0 Å². The zero-order valence-electron chi connectivity index (χ0n) is 15.3. The summed E-state index contributed by atoms with van der Waals surface area (Å²) in [6, 6.07) is 4.33. The molecule has 0 amide bonds. The summed E-state index contributed by atoms with van der Waals surface area (Å²) in [4.78, 5) is 16.0. The second kappa shape index (κ2) is 9.30. The summed E-state index contributed by atoms with van der Waals surface area (Å²) in [6.45, 7) is 5.40. The molecule has 0 bridgehead atoms. The van der Waals surface area contributed by atoms with Crippen LogP contribution < -0.4 is 4.74 Å². The molecule has 4 heteroatoms. The molecule has 0 atom stereocenters. The smallest absolute Gasteiger partial charge is 0.308 e. The van der Waals surface area contributed by atoms with E-state index in [4.69, 9.17) is 4.74 Å². The van der Waals surface area contributed by atoms with Crippen molar-refractivity contribution >= 4 is 22.9 Å². The van der Waals surface area contributed by atoms with Gasteiger partial charge in [0.15, 0.2) is 0 Å². The Morgan fingerprint density at radius 2 is 2.00 bits per heavy atom. The molecule has 0 unspecified atom stereocenters. The molecule has 3 nitrogen and oxygen atoms in total. The molecule has 1 aromatic heterocycles. The fourth-order valence-electron chi connectivity index (χ4n) is 2.82. The number of hydrogen-bond acceptors (Lipinski definition) is 3. The van der Waals surface area contributed by atoms with E-state index >= 15 is 0 Å². The van der Waals surface area contributed by atoms with Crippen molar-refractivity contribution in [3.8, 4) is 5.75 Å². The van der Waals surface area contributed by atoms with Gasteiger partial charge in [-0.25, -0.2) is 9.37 Å². The number of ether oxygens (including phenoxy) is 1. The summed E-state index contributed by atoms with van der Waals surface area (Å²) in [5.41, 5.74) is 2.12. The number of benzene rings is 1. The predicted octanol–water partition coefficient (Wildman–Crippen LogP) is 5.98. The minimum Gasteiger partial charge on any atom is -0.426 e. The molecule has 0 aliphatic heterocycles. The number of rotatable bonds is 8. The van der Waals surface area contributed by atoms with E-state index in [1.165, 1.54) is 44.7 Å². The molecule has 134 valence electrons. The molecule has 1 aromatic carbocycles. The number of aromatic nitrogens is 1. The summed E-state index contributed by atoms with van der Waals surface area (Å²) in [5.74, 6) is -0.414. The van der Waals surface area contributed by atoms with Crippen LogP contribution in [0.1, 0.15) is 63.6 Å². The van der Waals surface area contributed by atoms with Crippen LogP contribution in [-0.4, -0.2) is 11.0 Å². The fourth-order valence-corrected chi connectivity index (χ4v) is 2.82. The third-order valence-electron chi connectivity index (χ3n) is 4.16. The van der Waals surface area contributed by atoms with Crippen LogP contribution in [0, 0.1) is 12.7 Å². The molecule has 2 rings (SSSR count). The van der Waals surface area contributed by atoms with Crippen LogP contribution >= 0.6 is 0 Å². The Balaban J connectivity index is 2.23. The highest BCUT2D eigenvalue weighted by Gasteiger charge is 2.14. The summed E-state index contributed by atoms with van der Waals surface area (Å²) < 4.78 is 18.9. The first-order chi connectivity index (χ1) is 12.0. The Morgan fingerprint density at radius 1 is 1.24 bits per heavy atom. The minimum atomic E-state index is -0.425. The van der Waals surface area contributed by atoms with Gasteiger partial charge in [-0.05, 0) is 44.0 Å². The summed E-state index contributed by atoms with van der Waals surface area (Å²) in [7, 11) is 0. The number of halogens is 1. The van der Waals surface area contributed by atoms with Gasteiger partial charge in [-0.1, -0.05) is 38.7 Å². The van der Waals surface area contributed by atoms with Crippen molar-refractivity contribution in [3.05, 3.63) is 41.3 Å². The number of carbonyl (C=O) groups is 1. The topological polar surface area (TPSA) is 39.2 Å². The Morgan fingerprint density at radius 3 is 2.72 bits per heavy atom. The van der Waals surface area contributed by atoms with Crippen molar-refractivity contribution in [1.29, 1.82) is 0 Å². The highest BCUT2D eigenvalue weighted by Crippen LogP contribution is 2.31. The summed E-state index contributed by atoms with van der Waals surface area (Å²) >= 11 is 0. The predicted molar refractivity (Wildman–Crippen MR) is 100 cm³/mol. The monoisotopic (exact) mass is 343 g/mol. The third-order valence-corrected chi connectivity index (χ3v) is 4.16. The van der Waals surface area contributed by atoms with E-state index in [1.54, 1.807) is 6.07 Å². The average molecular weight is 343 g/mol. The number of allylic oxidation sites excluding steroid dienone is 1. The van der Waals surface area contributed by atoms with Gasteiger partial charge in [0, 0.05) is 17.9 Å². The van der Waals surface area contributed by atoms with Crippen LogP contribution in [0.25, 0.3) is 17.0 Å². The maximum atomic E-state index is 13.6. The lowest BCUT2D eigenvalue weighted by molar-refractivity contribution is -0.131. The Hall–Kier alpha value is -2.23. The van der Waals surface area contributed by atoms with Crippen LogP contribution in [0.5, 0.6) is 5.75 Å². The van der Waals surface area contributed by atoms with E-state index in [9.17, 15) is 9.18 Å². The van der Waals surface area contributed by atoms with Crippen LogP contribution in [-0.2, 0) is 4.79 Å². The lowest BCUT2D eigenvalue weighted by Crippen LogP contribution is -2.05. The van der Waals surface area contributed by atoms with E-state index in [-0.39, 0.29) is 5.82 Å². The van der Waals surface area contributed by atoms with Gasteiger partial charge >= 0.3 is 5.97 Å². The first-order valence-corrected chi connectivity index (χ1v) is 8.97. The zero-order chi connectivity index (χ0) is 18.2. The molecule has 1 heterocycles. The number of hydrogen-bond donors (Lipinski definition) is 0. The van der Waals surface area contributed by atoms with Crippen LogP contribution in [0.4, 0.5) is 4.39 Å². The van der Waals surface area contributed by atoms with Gasteiger partial charge in [-0.15, -0.1) is 0 Å². The molecule has 0 spiro atoms. The molecule has 0 radical (unpaired) electrons. The highest BCUT2D eigenvalue weighted by atomic mass is 19.1.